The molecule has 14 heteroatoms. The molecule has 0 unspecified atom stereocenters. The number of amides is 8. The molecule has 0 saturated heterocycles. The Labute approximate surface area is 246 Å². The molecule has 220 valence electrons. The molecule has 0 aliphatic carbocycles. The zero-order valence-electron chi connectivity index (χ0n) is 22.6. The van der Waals surface area contributed by atoms with Crippen LogP contribution in [0, 0.1) is 6.92 Å². The smallest absolute Gasteiger partial charge is 0.339 e. The number of carbonyl (C=O) groups excluding carboxylic acids is 4. The van der Waals surface area contributed by atoms with Crippen molar-refractivity contribution in [3.05, 3.63) is 109 Å². The highest BCUT2D eigenvalue weighted by Gasteiger charge is 2.19. The molecule has 0 aliphatic heterocycles. The van der Waals surface area contributed by atoms with E-state index in [2.05, 4.69) is 31.9 Å². The van der Waals surface area contributed by atoms with E-state index in [1.54, 1.807) is 79.7 Å². The fourth-order valence-electron chi connectivity index (χ4n) is 3.57. The van der Waals surface area contributed by atoms with E-state index in [9.17, 15) is 27.6 Å². The molecule has 0 fully saturated rings. The number of benzene rings is 4. The Balaban J connectivity index is 1.50. The number of para-hydroxylation sites is 2. The number of hydrogen-bond donors (Lipinski definition) is 6. The van der Waals surface area contributed by atoms with Gasteiger partial charge in [-0.25, -0.2) is 19.2 Å². The van der Waals surface area contributed by atoms with Crippen LogP contribution in [0.5, 0.6) is 5.75 Å². The van der Waals surface area contributed by atoms with Crippen molar-refractivity contribution >= 4 is 57.0 Å². The van der Waals surface area contributed by atoms with E-state index in [4.69, 9.17) is 4.18 Å². The van der Waals surface area contributed by atoms with Crippen LogP contribution in [-0.4, -0.2) is 32.5 Å². The summed E-state index contributed by atoms with van der Waals surface area (Å²) in [6.07, 6.45) is 0. The summed E-state index contributed by atoms with van der Waals surface area (Å²) in [7, 11) is -4.31. The predicted octanol–water partition coefficient (Wildman–Crippen LogP) is 5.47. The molecule has 0 radical (unpaired) electrons. The average molecular weight is 603 g/mol. The maximum absolute atomic E-state index is 12.9. The highest BCUT2D eigenvalue weighted by molar-refractivity contribution is 7.87. The van der Waals surface area contributed by atoms with Crippen LogP contribution in [-0.2, 0) is 10.1 Å². The lowest BCUT2D eigenvalue weighted by Crippen LogP contribution is -2.38. The van der Waals surface area contributed by atoms with Crippen LogP contribution in [0.4, 0.5) is 41.9 Å². The molecule has 0 aliphatic rings. The van der Waals surface area contributed by atoms with Gasteiger partial charge < -0.3 is 25.5 Å². The van der Waals surface area contributed by atoms with Crippen LogP contribution < -0.4 is 36.1 Å². The fourth-order valence-corrected chi connectivity index (χ4v) is 4.49. The van der Waals surface area contributed by atoms with Gasteiger partial charge >= 0.3 is 34.2 Å². The van der Waals surface area contributed by atoms with Crippen molar-refractivity contribution in [1.82, 2.24) is 10.6 Å². The Morgan fingerprint density at radius 3 is 1.35 bits per heavy atom. The van der Waals surface area contributed by atoms with Crippen LogP contribution in [0.1, 0.15) is 5.56 Å². The quantitative estimate of drug-likeness (QED) is 0.152. The minimum absolute atomic E-state index is 0.0503. The van der Waals surface area contributed by atoms with Crippen molar-refractivity contribution in [2.24, 2.45) is 0 Å². The van der Waals surface area contributed by atoms with Crippen molar-refractivity contribution in [3.8, 4) is 5.75 Å². The van der Waals surface area contributed by atoms with Gasteiger partial charge in [-0.3, -0.25) is 10.6 Å². The number of nitrogens with one attached hydrogen (secondary N) is 6. The van der Waals surface area contributed by atoms with Crippen LogP contribution in [0.2, 0.25) is 0 Å². The molecule has 8 amide bonds. The number of carbonyl (C=O) groups is 4. The molecule has 6 N–H and O–H groups in total. The zero-order valence-corrected chi connectivity index (χ0v) is 23.4. The summed E-state index contributed by atoms with van der Waals surface area (Å²) in [5.74, 6) is -0.281. The Bertz CT molecular complexity index is 1640. The van der Waals surface area contributed by atoms with Gasteiger partial charge in [-0.05, 0) is 49.4 Å². The molecular formula is C29H26N6O7S. The standard InChI is InChI=1S/C29H26N6O7S/c1-19-12-14-25(15-13-19)43(40,41)42-24-17-22(32-28(38)34-26(36)30-20-8-4-2-5-9-20)16-23(18-24)33-29(39)35-27(37)31-21-10-6-3-7-11-21/h2-18H,1H3,(H3,30,32,34,36,38)(H3,31,33,35,37,39). The second-order valence-corrected chi connectivity index (χ2v) is 10.4. The first-order valence-electron chi connectivity index (χ1n) is 12.6. The lowest BCUT2D eigenvalue weighted by atomic mass is 10.2. The maximum atomic E-state index is 12.9. The maximum Gasteiger partial charge on any atom is 0.339 e. The molecule has 0 heterocycles. The molecule has 4 aromatic carbocycles. The number of aryl methyl sites for hydroxylation is 1. The summed E-state index contributed by atoms with van der Waals surface area (Å²) in [5.41, 5.74) is 1.62. The van der Waals surface area contributed by atoms with Crippen molar-refractivity contribution in [2.75, 3.05) is 21.3 Å². The summed E-state index contributed by atoms with van der Waals surface area (Å²) < 4.78 is 31.0. The van der Waals surface area contributed by atoms with Gasteiger partial charge in [0.05, 0.1) is 0 Å². The monoisotopic (exact) mass is 602 g/mol. The number of anilines is 4. The molecule has 0 saturated carbocycles. The van der Waals surface area contributed by atoms with Crippen LogP contribution in [0.15, 0.2) is 108 Å². The number of urea groups is 4. The van der Waals surface area contributed by atoms with Crippen LogP contribution >= 0.6 is 0 Å². The van der Waals surface area contributed by atoms with Gasteiger partial charge in [0.2, 0.25) is 0 Å². The molecule has 4 aromatic rings. The number of imide groups is 2. The van der Waals surface area contributed by atoms with Gasteiger partial charge in [-0.1, -0.05) is 54.1 Å². The fraction of sp³-hybridized carbons (Fsp3) is 0.0345. The van der Waals surface area contributed by atoms with E-state index in [0.717, 1.165) is 5.56 Å². The first-order chi connectivity index (χ1) is 20.6. The Kier molecular flexibility index (Phi) is 9.55. The molecule has 43 heavy (non-hydrogen) atoms. The second-order valence-electron chi connectivity index (χ2n) is 8.90. The lowest BCUT2D eigenvalue weighted by Gasteiger charge is -2.14. The van der Waals surface area contributed by atoms with Crippen molar-refractivity contribution < 1.29 is 31.8 Å². The van der Waals surface area contributed by atoms with E-state index in [1.807, 2.05) is 0 Å². The van der Waals surface area contributed by atoms with Gasteiger partial charge in [0, 0.05) is 34.9 Å². The van der Waals surface area contributed by atoms with Gasteiger partial charge in [0.1, 0.15) is 10.6 Å². The predicted molar refractivity (Wildman–Crippen MR) is 161 cm³/mol. The van der Waals surface area contributed by atoms with Gasteiger partial charge in [0.15, 0.2) is 0 Å². The Morgan fingerprint density at radius 2 is 0.930 bits per heavy atom. The van der Waals surface area contributed by atoms with Crippen molar-refractivity contribution in [3.63, 3.8) is 0 Å². The van der Waals surface area contributed by atoms with E-state index in [0.29, 0.717) is 11.4 Å². The minimum Gasteiger partial charge on any atom is -0.379 e. The molecular weight excluding hydrogens is 576 g/mol. The summed E-state index contributed by atoms with van der Waals surface area (Å²) in [5, 5.41) is 13.9. The first-order valence-corrected chi connectivity index (χ1v) is 14.0. The Hall–Kier alpha value is -5.89. The average Bonchev–Trinajstić information content (AvgIpc) is 2.93. The number of rotatable bonds is 7. The minimum atomic E-state index is -4.31. The van der Waals surface area contributed by atoms with E-state index < -0.39 is 34.2 Å². The van der Waals surface area contributed by atoms with E-state index in [1.165, 1.54) is 30.3 Å². The molecule has 13 nitrogen and oxygen atoms in total. The van der Waals surface area contributed by atoms with Gasteiger partial charge in [-0.15, -0.1) is 0 Å². The SMILES string of the molecule is Cc1ccc(S(=O)(=O)Oc2cc(NC(=O)NC(=O)Nc3ccccc3)cc(NC(=O)NC(=O)Nc3ccccc3)c2)cc1. The van der Waals surface area contributed by atoms with Crippen molar-refractivity contribution in [1.29, 1.82) is 0 Å². The summed E-state index contributed by atoms with van der Waals surface area (Å²) in [6, 6.07) is 22.7. The summed E-state index contributed by atoms with van der Waals surface area (Å²) in [4.78, 5) is 49.3. The Morgan fingerprint density at radius 1 is 0.535 bits per heavy atom. The van der Waals surface area contributed by atoms with Crippen molar-refractivity contribution in [2.45, 2.75) is 11.8 Å². The summed E-state index contributed by atoms with van der Waals surface area (Å²) >= 11 is 0. The summed E-state index contributed by atoms with van der Waals surface area (Å²) in [6.45, 7) is 1.79. The van der Waals surface area contributed by atoms with E-state index in [-0.39, 0.29) is 22.0 Å². The first kappa shape index (κ1) is 30.1. The van der Waals surface area contributed by atoms with Crippen LogP contribution in [0.25, 0.3) is 0 Å². The third-order valence-corrected chi connectivity index (χ3v) is 6.72. The normalized spacial score (nSPS) is 10.5. The zero-order chi connectivity index (χ0) is 30.8. The van der Waals surface area contributed by atoms with Gasteiger partial charge in [0.25, 0.3) is 0 Å². The van der Waals surface area contributed by atoms with Gasteiger partial charge in [-0.2, -0.15) is 8.42 Å². The lowest BCUT2D eigenvalue weighted by molar-refractivity contribution is 0.238. The third kappa shape index (κ3) is 9.33. The molecule has 0 aromatic heterocycles. The molecule has 0 atom stereocenters. The molecule has 4 rings (SSSR count). The number of hydrogen-bond acceptors (Lipinski definition) is 7. The topological polar surface area (TPSA) is 184 Å². The van der Waals surface area contributed by atoms with Crippen LogP contribution in [0.3, 0.4) is 0 Å². The second kappa shape index (κ2) is 13.6. The largest absolute Gasteiger partial charge is 0.379 e. The highest BCUT2D eigenvalue weighted by atomic mass is 32.2. The van der Waals surface area contributed by atoms with E-state index >= 15 is 0 Å². The molecule has 0 spiro atoms. The third-order valence-electron chi connectivity index (χ3n) is 5.46. The molecule has 0 bridgehead atoms. The highest BCUT2D eigenvalue weighted by Crippen LogP contribution is 2.27.